The number of carbonyl (C=O) groups is 6. The lowest BCUT2D eigenvalue weighted by Crippen LogP contribution is -2.56. The zero-order chi connectivity index (χ0) is 69.7. The predicted molar refractivity (Wildman–Crippen MR) is 376 cm³/mol. The first-order valence-electron chi connectivity index (χ1n) is 33.7. The molecule has 4 aliphatic heterocycles. The number of amides is 6. The number of nitrogens with one attached hydrogen (secondary N) is 2. The summed E-state index contributed by atoms with van der Waals surface area (Å²) in [6, 6.07) is 33.9. The van der Waals surface area contributed by atoms with Crippen LogP contribution in [0.4, 0.5) is 0 Å². The van der Waals surface area contributed by atoms with E-state index >= 15 is 19.2 Å². The van der Waals surface area contributed by atoms with Gasteiger partial charge in [0.25, 0.3) is 23.6 Å². The molecule has 0 aromatic heterocycles. The molecule has 13 rings (SSSR count). The van der Waals surface area contributed by atoms with Crippen molar-refractivity contribution in [3.8, 4) is 46.0 Å². The third kappa shape index (κ3) is 12.8. The smallest absolute Gasteiger partial charge is 0.262 e. The summed E-state index contributed by atoms with van der Waals surface area (Å²) in [7, 11) is 0. The Kier molecular flexibility index (Phi) is 17.4. The van der Waals surface area contributed by atoms with Gasteiger partial charge in [-0.2, -0.15) is 0 Å². The molecule has 4 atom stereocenters. The molecule has 4 unspecified atom stereocenters. The van der Waals surface area contributed by atoms with Crippen LogP contribution in [0.3, 0.4) is 0 Å². The molecule has 4 heterocycles. The Balaban J connectivity index is 1.20. The molecule has 6 amide bonds. The van der Waals surface area contributed by atoms with E-state index in [1.165, 1.54) is 0 Å². The second-order valence-electron chi connectivity index (χ2n) is 29.9. The molecule has 2 saturated heterocycles. The number of imide groups is 2. The van der Waals surface area contributed by atoms with Gasteiger partial charge in [0.1, 0.15) is 58.1 Å². The molecule has 0 aliphatic carbocycles. The van der Waals surface area contributed by atoms with Crippen molar-refractivity contribution in [2.24, 2.45) is 0 Å². The van der Waals surface area contributed by atoms with Crippen LogP contribution in [0.2, 0.25) is 0 Å². The number of rotatable bonds is 22. The Morgan fingerprint density at radius 1 is 0.398 bits per heavy atom. The van der Waals surface area contributed by atoms with Gasteiger partial charge in [-0.1, -0.05) is 132 Å². The number of hydrogen-bond acceptors (Lipinski definition) is 14. The van der Waals surface area contributed by atoms with E-state index in [0.717, 1.165) is 32.1 Å². The summed E-state index contributed by atoms with van der Waals surface area (Å²) < 4.78 is 52.0. The molecule has 9 aromatic rings. The maximum Gasteiger partial charge on any atom is 0.262 e. The fraction of sp³-hybridized carbons (Fsp3) is 0.375. The van der Waals surface area contributed by atoms with Crippen LogP contribution in [-0.4, -0.2) is 122 Å². The maximum atomic E-state index is 16.2. The van der Waals surface area contributed by atoms with Crippen LogP contribution in [0.1, 0.15) is 161 Å². The molecule has 0 saturated carbocycles. The van der Waals surface area contributed by atoms with Crippen molar-refractivity contribution in [3.63, 3.8) is 0 Å². The van der Waals surface area contributed by atoms with E-state index < -0.39 is 47.5 Å². The van der Waals surface area contributed by atoms with Crippen molar-refractivity contribution < 1.29 is 66.7 Å². The van der Waals surface area contributed by atoms with Gasteiger partial charge in [0.2, 0.25) is 11.8 Å². The van der Waals surface area contributed by atoms with Gasteiger partial charge in [-0.25, -0.2) is 0 Å². The van der Waals surface area contributed by atoms with Crippen LogP contribution in [-0.2, 0) is 50.2 Å². The zero-order valence-electron chi connectivity index (χ0n) is 58.1. The Hall–Kier alpha value is -9.46. The SMILES string of the molecule is CCOCC(C(=O)NCC1CO1)N1C(=O)c2cc(Oc3ccc(C(C)(C)C)cc3)c3c4c(Oc5ccc(C(C)(C)C)cc5)cc5c6c(cc(Oc7ccc(C(C)(C)C)cc7)c(c7c(Oc8ccc(C(C)(C)C)cc8)cc(c2c37)C1=O)c64)C(=O)N(C(COCC)C(=O)NCC1CO1)C5=O. The van der Waals surface area contributed by atoms with E-state index in [-0.39, 0.29) is 129 Å². The third-order valence-electron chi connectivity index (χ3n) is 18.8. The molecule has 18 heteroatoms. The first-order valence-corrected chi connectivity index (χ1v) is 33.7. The molecule has 18 nitrogen and oxygen atoms in total. The highest BCUT2D eigenvalue weighted by atomic mass is 16.6. The average Bonchev–Trinajstić information content (AvgIpc) is 0.717. The second kappa shape index (κ2) is 25.4. The molecular formula is C80H84N4O14. The Labute approximate surface area is 570 Å². The highest BCUT2D eigenvalue weighted by Crippen LogP contribution is 2.58. The van der Waals surface area contributed by atoms with Gasteiger partial charge in [0, 0.05) is 69.4 Å². The van der Waals surface area contributed by atoms with Crippen molar-refractivity contribution in [1.29, 1.82) is 0 Å². The van der Waals surface area contributed by atoms with Crippen LogP contribution in [0.5, 0.6) is 46.0 Å². The van der Waals surface area contributed by atoms with Crippen LogP contribution in [0, 0.1) is 0 Å². The summed E-state index contributed by atoms with van der Waals surface area (Å²) in [5, 5.41) is 7.96. The van der Waals surface area contributed by atoms with Crippen molar-refractivity contribution in [3.05, 3.63) is 166 Å². The van der Waals surface area contributed by atoms with Gasteiger partial charge in [0.15, 0.2) is 0 Å². The molecule has 0 radical (unpaired) electrons. The summed E-state index contributed by atoms with van der Waals surface area (Å²) in [4.78, 5) is 95.8. The van der Waals surface area contributed by atoms with Crippen molar-refractivity contribution >= 4 is 78.5 Å². The molecule has 2 fully saturated rings. The summed E-state index contributed by atoms with van der Waals surface area (Å²) >= 11 is 0. The summed E-state index contributed by atoms with van der Waals surface area (Å²) in [5.74, 6) is -2.65. The minimum absolute atomic E-state index is 0.00389. The fourth-order valence-corrected chi connectivity index (χ4v) is 13.1. The lowest BCUT2D eigenvalue weighted by atomic mass is 9.80. The molecule has 508 valence electrons. The standard InChI is InChI=1S/C80H84N4O14/c1-15-91-41-57(71(85)81-37-51-39-93-51)83-73(87)53-33-59(95-47-25-17-43(18-26-47)77(3,4)5)65-67-61(97-49-29-21-45(22-30-49)79(9,10)11)35-55-64-56(76(90)84(75(55)89)58(42-92-16-2)72(86)82-38-52-40-94-52)36-62(98-50-31-23-46(24-32-50)80(12,13)14)68(70(64)67)66-60(34-54(74(83)88)63(53)69(65)66)96-48-27-19-44(20-28-48)78(6,7)8/h17-36,51-52,57-58H,15-16,37-42H2,1-14H3,(H,81,85)(H,82,86). The van der Waals surface area contributed by atoms with Crippen LogP contribution in [0.25, 0.3) is 43.1 Å². The molecule has 98 heavy (non-hydrogen) atoms. The highest BCUT2D eigenvalue weighted by Gasteiger charge is 2.47. The number of nitrogens with zero attached hydrogens (tertiary/aromatic N) is 2. The quantitative estimate of drug-likeness (QED) is 0.0280. The number of ether oxygens (including phenoxy) is 8. The second-order valence-corrected chi connectivity index (χ2v) is 29.9. The highest BCUT2D eigenvalue weighted by molar-refractivity contribution is 6.45. The Morgan fingerprint density at radius 2 is 0.633 bits per heavy atom. The topological polar surface area (TPSA) is 213 Å². The lowest BCUT2D eigenvalue weighted by molar-refractivity contribution is -0.127. The van der Waals surface area contributed by atoms with Crippen LogP contribution in [0.15, 0.2) is 121 Å². The van der Waals surface area contributed by atoms with E-state index in [4.69, 9.17) is 37.9 Å². The summed E-state index contributed by atoms with van der Waals surface area (Å²) in [5.41, 5.74) is 3.08. The molecule has 0 spiro atoms. The molecule has 0 bridgehead atoms. The van der Waals surface area contributed by atoms with Gasteiger partial charge >= 0.3 is 0 Å². The van der Waals surface area contributed by atoms with E-state index in [0.29, 0.717) is 68.5 Å². The molecule has 9 aromatic carbocycles. The molecule has 4 aliphatic rings. The summed E-state index contributed by atoms with van der Waals surface area (Å²) in [6.07, 6.45) is -0.446. The number of carbonyl (C=O) groups excluding carboxylic acids is 6. The number of benzene rings is 9. The lowest BCUT2D eigenvalue weighted by Gasteiger charge is -2.35. The monoisotopic (exact) mass is 1320 g/mol. The van der Waals surface area contributed by atoms with E-state index in [9.17, 15) is 9.59 Å². The van der Waals surface area contributed by atoms with Crippen LogP contribution < -0.4 is 29.6 Å². The Bertz CT molecular complexity index is 4120. The zero-order valence-corrected chi connectivity index (χ0v) is 58.1. The molecule has 2 N–H and O–H groups in total. The number of fused-ring (bicyclic) bond motifs is 2. The first-order chi connectivity index (χ1) is 46.5. The Morgan fingerprint density at radius 3 is 0.837 bits per heavy atom. The van der Waals surface area contributed by atoms with Crippen molar-refractivity contribution in [2.45, 2.75) is 143 Å². The van der Waals surface area contributed by atoms with Gasteiger partial charge in [-0.15, -0.1) is 0 Å². The van der Waals surface area contributed by atoms with Gasteiger partial charge in [-0.05, 0) is 131 Å². The number of epoxide rings is 2. The van der Waals surface area contributed by atoms with Gasteiger partial charge < -0.3 is 48.5 Å². The maximum absolute atomic E-state index is 16.2. The minimum Gasteiger partial charge on any atom is -0.457 e. The fourth-order valence-electron chi connectivity index (χ4n) is 13.1. The summed E-state index contributed by atoms with van der Waals surface area (Å²) in [6.45, 7) is 29.7. The van der Waals surface area contributed by atoms with E-state index in [1.54, 1.807) is 38.1 Å². The first kappa shape index (κ1) is 67.1. The third-order valence-corrected chi connectivity index (χ3v) is 18.8. The predicted octanol–water partition coefficient (Wildman–Crippen LogP) is 15.1. The van der Waals surface area contributed by atoms with Crippen molar-refractivity contribution in [2.75, 3.05) is 52.7 Å². The molecular weight excluding hydrogens is 1240 g/mol. The van der Waals surface area contributed by atoms with E-state index in [1.807, 2.05) is 97.1 Å². The van der Waals surface area contributed by atoms with Gasteiger partial charge in [-0.3, -0.25) is 38.6 Å². The normalized spacial score (nSPS) is 16.9. The minimum atomic E-state index is -1.46. The van der Waals surface area contributed by atoms with E-state index in [2.05, 4.69) is 93.7 Å². The van der Waals surface area contributed by atoms with Gasteiger partial charge in [0.05, 0.1) is 60.9 Å². The number of hydrogen-bond donors (Lipinski definition) is 2. The van der Waals surface area contributed by atoms with Crippen LogP contribution >= 0.6 is 0 Å². The largest absolute Gasteiger partial charge is 0.457 e. The average molecular weight is 1330 g/mol. The van der Waals surface area contributed by atoms with Crippen molar-refractivity contribution in [1.82, 2.24) is 20.4 Å².